The van der Waals surface area contributed by atoms with Crippen molar-refractivity contribution in [3.63, 3.8) is 0 Å². The average Bonchev–Trinajstić information content (AvgIpc) is 2.62. The molecule has 0 atom stereocenters. The summed E-state index contributed by atoms with van der Waals surface area (Å²) < 4.78 is 5.02. The second-order valence-corrected chi connectivity index (χ2v) is 4.87. The Kier molecular flexibility index (Phi) is 3.08. The number of ether oxygens (including phenoxy) is 1. The fraction of sp³-hybridized carbons (Fsp3) is 0.400. The fourth-order valence-electron chi connectivity index (χ4n) is 1.20. The van der Waals surface area contributed by atoms with Gasteiger partial charge in [0.15, 0.2) is 16.9 Å². The lowest BCUT2D eigenvalue weighted by molar-refractivity contribution is -0.259. The number of nitrogens with zero attached hydrogens (tertiary/aromatic N) is 4. The van der Waals surface area contributed by atoms with Gasteiger partial charge in [0.05, 0.1) is 6.33 Å². The van der Waals surface area contributed by atoms with E-state index in [1.165, 1.54) is 6.33 Å². The van der Waals surface area contributed by atoms with Crippen LogP contribution in [-0.2, 0) is 4.74 Å². The average molecular weight is 269 g/mol. The standard InChI is InChI=1S/C10H12ClN5O2/c1-10(2,3)18-9(17)16-8-14-6(11)5-7(15-8)13-4-12-5/h4H,1-3H3,(H2,12,13,14,15,16,17)/p-1. The molecule has 0 aromatic carbocycles. The molecule has 0 unspecified atom stereocenters. The van der Waals surface area contributed by atoms with Crippen molar-refractivity contribution in [2.45, 2.75) is 26.4 Å². The predicted octanol–water partition coefficient (Wildman–Crippen LogP) is 1.17. The van der Waals surface area contributed by atoms with Crippen LogP contribution in [-0.4, -0.2) is 31.6 Å². The number of hydrogen-bond donors (Lipinski definition) is 1. The Morgan fingerprint density at radius 3 is 2.83 bits per heavy atom. The van der Waals surface area contributed by atoms with Gasteiger partial charge in [0.2, 0.25) is 0 Å². The number of imidazole rings is 1. The summed E-state index contributed by atoms with van der Waals surface area (Å²) in [6.07, 6.45) is 0.663. The fourth-order valence-corrected chi connectivity index (χ4v) is 1.42. The molecule has 2 aromatic heterocycles. The molecule has 0 radical (unpaired) electrons. The summed E-state index contributed by atoms with van der Waals surface area (Å²) in [5.74, 6) is -0.0751. The molecule has 0 fully saturated rings. The van der Waals surface area contributed by atoms with Crippen LogP contribution in [0.5, 0.6) is 0 Å². The number of fused-ring (bicyclic) bond motifs is 1. The molecule has 0 spiro atoms. The van der Waals surface area contributed by atoms with Crippen molar-refractivity contribution in [2.24, 2.45) is 4.99 Å². The van der Waals surface area contributed by atoms with Gasteiger partial charge in [0.25, 0.3) is 5.95 Å². The Labute approximate surface area is 108 Å². The molecule has 0 aliphatic rings. The maximum absolute atomic E-state index is 11.5. The van der Waals surface area contributed by atoms with Crippen LogP contribution in [0.15, 0.2) is 11.3 Å². The Hall–Kier alpha value is -1.89. The third-order valence-electron chi connectivity index (χ3n) is 1.81. The molecule has 2 aromatic rings. The summed E-state index contributed by atoms with van der Waals surface area (Å²) in [7, 11) is 0. The van der Waals surface area contributed by atoms with Gasteiger partial charge in [-0.05, 0) is 0 Å². The molecule has 2 heterocycles. The van der Waals surface area contributed by atoms with Gasteiger partial charge in [-0.3, -0.25) is 0 Å². The van der Waals surface area contributed by atoms with Gasteiger partial charge in [-0.1, -0.05) is 32.4 Å². The highest BCUT2D eigenvalue weighted by Gasteiger charge is 2.08. The normalized spacial score (nSPS) is 13.0. The van der Waals surface area contributed by atoms with Crippen molar-refractivity contribution in [3.05, 3.63) is 11.5 Å². The maximum Gasteiger partial charge on any atom is 0.254 e. The van der Waals surface area contributed by atoms with E-state index in [4.69, 9.17) is 16.3 Å². The number of aromatic nitrogens is 4. The van der Waals surface area contributed by atoms with E-state index in [2.05, 4.69) is 24.9 Å². The topological polar surface area (TPSA) is 99.1 Å². The summed E-state index contributed by atoms with van der Waals surface area (Å²) in [5.41, 5.74) is 0.220. The Bertz CT molecular complexity index is 602. The first-order valence-electron chi connectivity index (χ1n) is 5.16. The van der Waals surface area contributed by atoms with Crippen LogP contribution in [0.4, 0.5) is 5.95 Å². The number of aromatic amines is 1. The zero-order valence-corrected chi connectivity index (χ0v) is 10.8. The first-order chi connectivity index (χ1) is 8.35. The molecule has 7 nitrogen and oxygen atoms in total. The van der Waals surface area contributed by atoms with Crippen molar-refractivity contribution in [3.8, 4) is 0 Å². The SMILES string of the molecule is CC(C)(C)O/C([O-])=N\c1nc(Cl)c2[nH]cnc2n1. The van der Waals surface area contributed by atoms with Crippen LogP contribution in [0.2, 0.25) is 5.15 Å². The number of hydrogen-bond acceptors (Lipinski definition) is 6. The molecular formula is C10H11ClN5O2-. The monoisotopic (exact) mass is 268 g/mol. The van der Waals surface area contributed by atoms with E-state index < -0.39 is 11.7 Å². The molecule has 18 heavy (non-hydrogen) atoms. The summed E-state index contributed by atoms with van der Waals surface area (Å²) in [6.45, 7) is 5.22. The van der Waals surface area contributed by atoms with E-state index in [0.717, 1.165) is 0 Å². The first-order valence-corrected chi connectivity index (χ1v) is 5.54. The van der Waals surface area contributed by atoms with Crippen LogP contribution < -0.4 is 5.11 Å². The van der Waals surface area contributed by atoms with E-state index in [1.54, 1.807) is 20.8 Å². The first kappa shape index (κ1) is 12.6. The summed E-state index contributed by atoms with van der Waals surface area (Å²) in [4.78, 5) is 18.1. The number of aliphatic imine (C=N–C) groups is 1. The minimum atomic E-state index is -0.770. The second kappa shape index (κ2) is 4.41. The third kappa shape index (κ3) is 2.86. The third-order valence-corrected chi connectivity index (χ3v) is 2.09. The zero-order valence-electron chi connectivity index (χ0n) is 10.1. The van der Waals surface area contributed by atoms with E-state index in [9.17, 15) is 5.11 Å². The van der Waals surface area contributed by atoms with E-state index in [0.29, 0.717) is 11.2 Å². The number of H-pyrrole nitrogens is 1. The van der Waals surface area contributed by atoms with Gasteiger partial charge < -0.3 is 14.8 Å². The molecule has 0 saturated heterocycles. The van der Waals surface area contributed by atoms with Crippen molar-refractivity contribution in [1.82, 2.24) is 19.9 Å². The molecular weight excluding hydrogens is 258 g/mol. The molecule has 0 bridgehead atoms. The minimum absolute atomic E-state index is 0.0751. The number of halogens is 1. The Morgan fingerprint density at radius 2 is 2.17 bits per heavy atom. The molecule has 0 aliphatic carbocycles. The molecule has 96 valence electrons. The highest BCUT2D eigenvalue weighted by Crippen LogP contribution is 2.19. The lowest BCUT2D eigenvalue weighted by Gasteiger charge is -2.29. The van der Waals surface area contributed by atoms with Crippen LogP contribution in [0.3, 0.4) is 0 Å². The highest BCUT2D eigenvalue weighted by atomic mass is 35.5. The number of rotatable bonds is 1. The van der Waals surface area contributed by atoms with Gasteiger partial charge in [-0.2, -0.15) is 15.0 Å². The van der Waals surface area contributed by atoms with Crippen molar-refractivity contribution >= 4 is 34.8 Å². The molecule has 0 saturated carbocycles. The van der Waals surface area contributed by atoms with Crippen molar-refractivity contribution in [2.75, 3.05) is 0 Å². The minimum Gasteiger partial charge on any atom is -0.594 e. The maximum atomic E-state index is 11.5. The lowest BCUT2D eigenvalue weighted by atomic mass is 10.2. The van der Waals surface area contributed by atoms with Gasteiger partial charge in [0.1, 0.15) is 5.52 Å². The summed E-state index contributed by atoms with van der Waals surface area (Å²) >= 11 is 5.89. The summed E-state index contributed by atoms with van der Waals surface area (Å²) in [5, 5.41) is 11.6. The molecule has 0 aliphatic heterocycles. The zero-order chi connectivity index (χ0) is 13.3. The predicted molar refractivity (Wildman–Crippen MR) is 64.6 cm³/mol. The molecule has 1 N–H and O–H groups in total. The Morgan fingerprint density at radius 1 is 1.44 bits per heavy atom. The summed E-state index contributed by atoms with van der Waals surface area (Å²) in [6, 6.07) is 0. The van der Waals surface area contributed by atoms with Crippen molar-refractivity contribution < 1.29 is 9.84 Å². The smallest absolute Gasteiger partial charge is 0.254 e. The van der Waals surface area contributed by atoms with Gasteiger partial charge in [0, 0.05) is 5.60 Å². The molecule has 2 rings (SSSR count). The van der Waals surface area contributed by atoms with E-state index in [1.807, 2.05) is 0 Å². The van der Waals surface area contributed by atoms with E-state index >= 15 is 0 Å². The lowest BCUT2D eigenvalue weighted by Crippen LogP contribution is -2.31. The molecule has 0 amide bonds. The number of nitrogens with one attached hydrogen (secondary N) is 1. The van der Waals surface area contributed by atoms with Crippen LogP contribution in [0.25, 0.3) is 11.2 Å². The van der Waals surface area contributed by atoms with Crippen LogP contribution in [0, 0.1) is 0 Å². The van der Waals surface area contributed by atoms with Gasteiger partial charge in [-0.25, -0.2) is 4.98 Å². The largest absolute Gasteiger partial charge is 0.594 e. The van der Waals surface area contributed by atoms with E-state index in [-0.39, 0.29) is 11.1 Å². The van der Waals surface area contributed by atoms with Crippen LogP contribution in [0.1, 0.15) is 20.8 Å². The van der Waals surface area contributed by atoms with Crippen LogP contribution >= 0.6 is 11.6 Å². The second-order valence-electron chi connectivity index (χ2n) is 4.51. The van der Waals surface area contributed by atoms with Gasteiger partial charge in [-0.15, -0.1) is 0 Å². The highest BCUT2D eigenvalue weighted by molar-refractivity contribution is 6.33. The molecule has 8 heteroatoms. The van der Waals surface area contributed by atoms with Crippen molar-refractivity contribution in [1.29, 1.82) is 0 Å². The Balaban J connectivity index is 2.34. The van der Waals surface area contributed by atoms with Gasteiger partial charge >= 0.3 is 0 Å². The quantitative estimate of drug-likeness (QED) is 0.475.